The number of nitrogens with zero attached hydrogens (tertiary/aromatic N) is 1. The summed E-state index contributed by atoms with van der Waals surface area (Å²) in [5.41, 5.74) is 3.48. The van der Waals surface area contributed by atoms with Crippen LogP contribution in [-0.4, -0.2) is 31.6 Å². The Hall–Kier alpha value is -2.49. The van der Waals surface area contributed by atoms with Crippen molar-refractivity contribution >= 4 is 5.91 Å². The molecule has 4 aliphatic carbocycles. The van der Waals surface area contributed by atoms with Gasteiger partial charge in [-0.15, -0.1) is 0 Å². The molecule has 2 aromatic rings. The molecule has 0 unspecified atom stereocenters. The zero-order valence-electron chi connectivity index (χ0n) is 19.2. The van der Waals surface area contributed by atoms with Gasteiger partial charge >= 0.3 is 0 Å². The molecule has 0 aromatic heterocycles. The zero-order valence-corrected chi connectivity index (χ0v) is 19.2. The Labute approximate surface area is 190 Å². The van der Waals surface area contributed by atoms with E-state index in [0.29, 0.717) is 5.91 Å². The lowest BCUT2D eigenvalue weighted by Gasteiger charge is -2.57. The number of amides is 1. The summed E-state index contributed by atoms with van der Waals surface area (Å²) in [5.74, 6) is 4.20. The minimum absolute atomic E-state index is 0.0692. The van der Waals surface area contributed by atoms with Gasteiger partial charge in [-0.25, -0.2) is 0 Å². The van der Waals surface area contributed by atoms with E-state index in [2.05, 4.69) is 41.3 Å². The fraction of sp³-hybridized carbons (Fsp3) is 0.536. The first-order valence-electron chi connectivity index (χ1n) is 12.2. The summed E-state index contributed by atoms with van der Waals surface area (Å²) in [6, 6.07) is 14.7. The molecule has 4 fully saturated rings. The van der Waals surface area contributed by atoms with Crippen molar-refractivity contribution in [3.8, 4) is 11.5 Å². The predicted octanol–water partition coefficient (Wildman–Crippen LogP) is 5.39. The van der Waals surface area contributed by atoms with Gasteiger partial charge in [0.15, 0.2) is 11.5 Å². The van der Waals surface area contributed by atoms with Crippen molar-refractivity contribution in [1.82, 2.24) is 4.90 Å². The van der Waals surface area contributed by atoms with Crippen molar-refractivity contribution in [2.45, 2.75) is 51.0 Å². The van der Waals surface area contributed by atoms with Gasteiger partial charge in [0.1, 0.15) is 0 Å². The molecule has 168 valence electrons. The molecule has 0 radical (unpaired) electrons. The van der Waals surface area contributed by atoms with Crippen molar-refractivity contribution in [3.63, 3.8) is 0 Å². The first kappa shape index (κ1) is 20.1. The first-order valence-corrected chi connectivity index (χ1v) is 12.2. The van der Waals surface area contributed by atoms with E-state index in [1.807, 2.05) is 6.07 Å². The van der Waals surface area contributed by atoms with Crippen LogP contribution in [0.2, 0.25) is 0 Å². The Morgan fingerprint density at radius 3 is 2.09 bits per heavy atom. The van der Waals surface area contributed by atoms with Gasteiger partial charge in [0.2, 0.25) is 5.91 Å². The molecule has 32 heavy (non-hydrogen) atoms. The topological polar surface area (TPSA) is 38.8 Å². The van der Waals surface area contributed by atoms with Crippen LogP contribution >= 0.6 is 0 Å². The van der Waals surface area contributed by atoms with Crippen LogP contribution in [-0.2, 0) is 11.2 Å². The Morgan fingerprint density at radius 1 is 0.906 bits per heavy atom. The lowest BCUT2D eigenvalue weighted by atomic mass is 9.49. The van der Waals surface area contributed by atoms with Crippen LogP contribution < -0.4 is 9.47 Å². The van der Waals surface area contributed by atoms with E-state index < -0.39 is 0 Å². The summed E-state index contributed by atoms with van der Waals surface area (Å²) in [4.78, 5) is 16.6. The summed E-state index contributed by atoms with van der Waals surface area (Å²) in [5, 5.41) is 0. The fourth-order valence-electron chi connectivity index (χ4n) is 7.84. The van der Waals surface area contributed by atoms with Crippen LogP contribution in [0.25, 0.3) is 0 Å². The van der Waals surface area contributed by atoms with Crippen molar-refractivity contribution in [2.75, 3.05) is 20.8 Å². The van der Waals surface area contributed by atoms with Crippen LogP contribution in [0.15, 0.2) is 42.5 Å². The van der Waals surface area contributed by atoms with Gasteiger partial charge in [-0.05, 0) is 91.5 Å². The molecule has 0 N–H and O–H groups in total. The van der Waals surface area contributed by atoms with Gasteiger partial charge in [-0.2, -0.15) is 0 Å². The monoisotopic (exact) mass is 431 g/mol. The Kier molecular flexibility index (Phi) is 4.74. The van der Waals surface area contributed by atoms with Gasteiger partial charge in [-0.1, -0.05) is 30.3 Å². The standard InChI is InChI=1S/C28H33NO3/c1-31-24-13-22-8-9-29(26(21-6-4-3-5-7-21)23(22)14-25(24)32-2)27(30)28-15-18-10-19(16-28)12-20(11-18)17-28/h3-7,13-14,18-20,26H,8-12,15-17H2,1-2H3/t18?,19?,20?,26-,28?/m0/s1. The summed E-state index contributed by atoms with van der Waals surface area (Å²) in [6.45, 7) is 0.766. The molecule has 1 heterocycles. The van der Waals surface area contributed by atoms with Crippen LogP contribution in [0.1, 0.15) is 61.3 Å². The number of fused-ring (bicyclic) bond motifs is 1. The normalized spacial score (nSPS) is 32.5. The van der Waals surface area contributed by atoms with Gasteiger partial charge < -0.3 is 14.4 Å². The van der Waals surface area contributed by atoms with E-state index in [0.717, 1.165) is 61.5 Å². The molecule has 1 amide bonds. The van der Waals surface area contributed by atoms with Gasteiger partial charge in [0.05, 0.1) is 25.7 Å². The molecule has 4 saturated carbocycles. The van der Waals surface area contributed by atoms with E-state index in [4.69, 9.17) is 9.47 Å². The van der Waals surface area contributed by atoms with E-state index in [1.54, 1.807) is 14.2 Å². The third-order valence-corrected chi connectivity index (χ3v) is 8.74. The smallest absolute Gasteiger partial charge is 0.229 e. The van der Waals surface area contributed by atoms with Crippen LogP contribution in [0.5, 0.6) is 11.5 Å². The Bertz CT molecular complexity index is 995. The van der Waals surface area contributed by atoms with Gasteiger partial charge in [0, 0.05) is 6.54 Å². The number of carbonyl (C=O) groups excluding carboxylic acids is 1. The van der Waals surface area contributed by atoms with E-state index in [1.165, 1.54) is 36.0 Å². The molecule has 4 heteroatoms. The highest BCUT2D eigenvalue weighted by Gasteiger charge is 2.56. The Balaban J connectivity index is 1.43. The minimum atomic E-state index is -0.129. The molecule has 4 bridgehead atoms. The number of hydrogen-bond acceptors (Lipinski definition) is 3. The average molecular weight is 432 g/mol. The number of benzene rings is 2. The van der Waals surface area contributed by atoms with Gasteiger partial charge in [-0.3, -0.25) is 4.79 Å². The van der Waals surface area contributed by atoms with Crippen LogP contribution in [0.4, 0.5) is 0 Å². The second-order valence-electron chi connectivity index (χ2n) is 10.7. The lowest BCUT2D eigenvalue weighted by Crippen LogP contribution is -2.56. The predicted molar refractivity (Wildman–Crippen MR) is 124 cm³/mol. The van der Waals surface area contributed by atoms with Crippen molar-refractivity contribution in [1.29, 1.82) is 0 Å². The number of carbonyl (C=O) groups is 1. The van der Waals surface area contributed by atoms with Crippen molar-refractivity contribution < 1.29 is 14.3 Å². The quantitative estimate of drug-likeness (QED) is 0.651. The maximum absolute atomic E-state index is 14.4. The average Bonchev–Trinajstić information content (AvgIpc) is 2.81. The molecule has 5 aliphatic rings. The fourth-order valence-corrected chi connectivity index (χ4v) is 7.84. The van der Waals surface area contributed by atoms with Gasteiger partial charge in [0.25, 0.3) is 0 Å². The van der Waals surface area contributed by atoms with Crippen LogP contribution in [0.3, 0.4) is 0 Å². The molecule has 1 atom stereocenters. The second kappa shape index (κ2) is 7.54. The second-order valence-corrected chi connectivity index (χ2v) is 10.7. The highest BCUT2D eigenvalue weighted by Crippen LogP contribution is 2.61. The maximum Gasteiger partial charge on any atom is 0.229 e. The number of rotatable bonds is 4. The zero-order chi connectivity index (χ0) is 21.9. The molecule has 2 aromatic carbocycles. The Morgan fingerprint density at radius 2 is 1.50 bits per heavy atom. The van der Waals surface area contributed by atoms with Crippen molar-refractivity contribution in [3.05, 3.63) is 59.2 Å². The third-order valence-electron chi connectivity index (χ3n) is 8.74. The highest BCUT2D eigenvalue weighted by atomic mass is 16.5. The largest absolute Gasteiger partial charge is 0.493 e. The maximum atomic E-state index is 14.4. The molecular formula is C28H33NO3. The van der Waals surface area contributed by atoms with Crippen molar-refractivity contribution in [2.24, 2.45) is 23.2 Å². The number of methoxy groups -OCH3 is 2. The highest BCUT2D eigenvalue weighted by molar-refractivity contribution is 5.84. The minimum Gasteiger partial charge on any atom is -0.493 e. The summed E-state index contributed by atoms with van der Waals surface area (Å²) in [7, 11) is 3.37. The summed E-state index contributed by atoms with van der Waals surface area (Å²) < 4.78 is 11.2. The molecule has 0 saturated heterocycles. The molecular weight excluding hydrogens is 398 g/mol. The number of hydrogen-bond donors (Lipinski definition) is 0. The SMILES string of the molecule is COc1cc2c(cc1OC)[C@H](c1ccccc1)N(C(=O)C13CC4CC(CC(C4)C1)C3)CC2. The van der Waals surface area contributed by atoms with E-state index in [9.17, 15) is 4.79 Å². The lowest BCUT2D eigenvalue weighted by molar-refractivity contribution is -0.159. The molecule has 4 nitrogen and oxygen atoms in total. The molecule has 1 aliphatic heterocycles. The van der Waals surface area contributed by atoms with E-state index >= 15 is 0 Å². The summed E-state index contributed by atoms with van der Waals surface area (Å²) in [6.07, 6.45) is 8.24. The first-order chi connectivity index (χ1) is 15.6. The molecule has 7 rings (SSSR count). The van der Waals surface area contributed by atoms with Crippen LogP contribution in [0, 0.1) is 23.2 Å². The van der Waals surface area contributed by atoms with E-state index in [-0.39, 0.29) is 11.5 Å². The summed E-state index contributed by atoms with van der Waals surface area (Å²) >= 11 is 0. The number of ether oxygens (including phenoxy) is 2. The third kappa shape index (κ3) is 3.06. The molecule has 0 spiro atoms.